The zero-order valence-electron chi connectivity index (χ0n) is 8.62. The van der Waals surface area contributed by atoms with Gasteiger partial charge in [0.25, 0.3) is 5.91 Å². The lowest BCUT2D eigenvalue weighted by molar-refractivity contribution is 0.0898. The number of rotatable bonds is 2. The molecular formula is C9H14N4O2. The van der Waals surface area contributed by atoms with E-state index in [0.717, 1.165) is 25.7 Å². The van der Waals surface area contributed by atoms with Crippen LogP contribution in [-0.4, -0.2) is 21.8 Å². The van der Waals surface area contributed by atoms with Crippen molar-refractivity contribution in [3.05, 3.63) is 5.69 Å². The fourth-order valence-electron chi connectivity index (χ4n) is 1.97. The molecule has 6 heteroatoms. The van der Waals surface area contributed by atoms with Crippen LogP contribution < -0.4 is 11.1 Å². The largest absolute Gasteiger partial charge is 0.379 e. The number of amides is 1. The number of carbonyl (C=O) groups excluding carboxylic acids is 1. The maximum absolute atomic E-state index is 11.7. The number of carbonyl (C=O) groups is 1. The molecule has 0 saturated heterocycles. The van der Waals surface area contributed by atoms with E-state index in [2.05, 4.69) is 20.3 Å². The van der Waals surface area contributed by atoms with Crippen LogP contribution in [0.15, 0.2) is 4.63 Å². The fourth-order valence-corrected chi connectivity index (χ4v) is 1.97. The first-order chi connectivity index (χ1) is 7.11. The van der Waals surface area contributed by atoms with E-state index in [9.17, 15) is 4.79 Å². The molecule has 1 aromatic rings. The highest BCUT2D eigenvalue weighted by Gasteiger charge is 2.31. The van der Waals surface area contributed by atoms with Crippen molar-refractivity contribution in [3.8, 4) is 0 Å². The number of nitrogen functional groups attached to an aromatic ring is 1. The van der Waals surface area contributed by atoms with Crippen molar-refractivity contribution in [2.75, 3.05) is 5.73 Å². The van der Waals surface area contributed by atoms with Crippen LogP contribution in [0.2, 0.25) is 0 Å². The number of aromatic nitrogens is 2. The first-order valence-electron chi connectivity index (χ1n) is 5.01. The summed E-state index contributed by atoms with van der Waals surface area (Å²) >= 11 is 0. The molecule has 1 amide bonds. The Hall–Kier alpha value is -1.59. The standard InChI is InChI=1S/C9H14N4O2/c1-9(4-2-3-5-9)11-8(14)6-7(10)13-15-12-6/h2-5H2,1H3,(H2,10,13)(H,11,14). The van der Waals surface area contributed by atoms with Gasteiger partial charge in [-0.1, -0.05) is 12.8 Å². The van der Waals surface area contributed by atoms with Crippen molar-refractivity contribution < 1.29 is 9.42 Å². The van der Waals surface area contributed by atoms with E-state index < -0.39 is 0 Å². The Labute approximate surface area is 87.2 Å². The minimum Gasteiger partial charge on any atom is -0.379 e. The highest BCUT2D eigenvalue weighted by molar-refractivity contribution is 5.96. The molecular weight excluding hydrogens is 196 g/mol. The van der Waals surface area contributed by atoms with Gasteiger partial charge in [0.15, 0.2) is 0 Å². The topological polar surface area (TPSA) is 94.0 Å². The van der Waals surface area contributed by atoms with Crippen LogP contribution in [0.25, 0.3) is 0 Å². The molecule has 0 aliphatic heterocycles. The van der Waals surface area contributed by atoms with Gasteiger partial charge in [0.2, 0.25) is 11.5 Å². The number of nitrogens with two attached hydrogens (primary N) is 1. The van der Waals surface area contributed by atoms with Crippen molar-refractivity contribution in [2.45, 2.75) is 38.1 Å². The zero-order chi connectivity index (χ0) is 10.9. The van der Waals surface area contributed by atoms with Gasteiger partial charge in [-0.05, 0) is 30.1 Å². The molecule has 82 valence electrons. The zero-order valence-corrected chi connectivity index (χ0v) is 8.62. The monoisotopic (exact) mass is 210 g/mol. The summed E-state index contributed by atoms with van der Waals surface area (Å²) in [6, 6.07) is 0. The minimum atomic E-state index is -0.307. The highest BCUT2D eigenvalue weighted by atomic mass is 16.6. The van der Waals surface area contributed by atoms with Gasteiger partial charge in [-0.2, -0.15) is 0 Å². The Morgan fingerprint density at radius 3 is 2.67 bits per heavy atom. The van der Waals surface area contributed by atoms with E-state index in [1.54, 1.807) is 0 Å². The Balaban J connectivity index is 2.07. The van der Waals surface area contributed by atoms with E-state index >= 15 is 0 Å². The summed E-state index contributed by atoms with van der Waals surface area (Å²) in [5.74, 6) is -0.271. The fraction of sp³-hybridized carbons (Fsp3) is 0.667. The second kappa shape index (κ2) is 3.52. The van der Waals surface area contributed by atoms with E-state index in [4.69, 9.17) is 5.73 Å². The molecule has 1 aliphatic rings. The number of hydrogen-bond donors (Lipinski definition) is 2. The molecule has 0 unspecified atom stereocenters. The lowest BCUT2D eigenvalue weighted by Gasteiger charge is -2.24. The van der Waals surface area contributed by atoms with E-state index in [0.29, 0.717) is 0 Å². The molecule has 15 heavy (non-hydrogen) atoms. The maximum atomic E-state index is 11.7. The third-order valence-electron chi connectivity index (χ3n) is 2.85. The summed E-state index contributed by atoms with van der Waals surface area (Å²) in [7, 11) is 0. The summed E-state index contributed by atoms with van der Waals surface area (Å²) in [6.45, 7) is 2.03. The highest BCUT2D eigenvalue weighted by Crippen LogP contribution is 2.29. The summed E-state index contributed by atoms with van der Waals surface area (Å²) in [6.07, 6.45) is 4.26. The van der Waals surface area contributed by atoms with Crippen molar-refractivity contribution in [1.82, 2.24) is 15.6 Å². The van der Waals surface area contributed by atoms with Crippen molar-refractivity contribution in [3.63, 3.8) is 0 Å². The summed E-state index contributed by atoms with van der Waals surface area (Å²) in [5.41, 5.74) is 5.37. The normalized spacial score (nSPS) is 19.0. The molecule has 1 aliphatic carbocycles. The predicted molar refractivity (Wildman–Crippen MR) is 53.0 cm³/mol. The molecule has 0 radical (unpaired) electrons. The van der Waals surface area contributed by atoms with E-state index in [1.165, 1.54) is 0 Å². The number of nitrogens with one attached hydrogen (secondary N) is 1. The Morgan fingerprint density at radius 1 is 1.47 bits per heavy atom. The molecule has 0 atom stereocenters. The molecule has 0 bridgehead atoms. The number of hydrogen-bond acceptors (Lipinski definition) is 5. The lowest BCUT2D eigenvalue weighted by Crippen LogP contribution is -2.43. The molecule has 6 nitrogen and oxygen atoms in total. The molecule has 1 saturated carbocycles. The van der Waals surface area contributed by atoms with Crippen LogP contribution in [0, 0.1) is 0 Å². The second-order valence-electron chi connectivity index (χ2n) is 4.22. The van der Waals surface area contributed by atoms with Crippen molar-refractivity contribution >= 4 is 11.7 Å². The van der Waals surface area contributed by atoms with E-state index in [1.807, 2.05) is 6.92 Å². The average molecular weight is 210 g/mol. The number of nitrogens with zero attached hydrogens (tertiary/aromatic N) is 2. The summed E-state index contributed by atoms with van der Waals surface area (Å²) < 4.78 is 4.38. The van der Waals surface area contributed by atoms with Crippen LogP contribution >= 0.6 is 0 Å². The third-order valence-corrected chi connectivity index (χ3v) is 2.85. The van der Waals surface area contributed by atoms with Gasteiger partial charge in [-0.25, -0.2) is 4.63 Å². The van der Waals surface area contributed by atoms with Gasteiger partial charge in [0.05, 0.1) is 0 Å². The van der Waals surface area contributed by atoms with Gasteiger partial charge in [-0.3, -0.25) is 4.79 Å². The maximum Gasteiger partial charge on any atom is 0.277 e. The molecule has 1 fully saturated rings. The van der Waals surface area contributed by atoms with Crippen LogP contribution in [0.4, 0.5) is 5.82 Å². The Kier molecular flexibility index (Phi) is 2.34. The summed E-state index contributed by atoms with van der Waals surface area (Å²) in [4.78, 5) is 11.7. The van der Waals surface area contributed by atoms with Crippen LogP contribution in [0.3, 0.4) is 0 Å². The van der Waals surface area contributed by atoms with E-state index in [-0.39, 0.29) is 23.0 Å². The van der Waals surface area contributed by atoms with Gasteiger partial charge < -0.3 is 11.1 Å². The van der Waals surface area contributed by atoms with Crippen LogP contribution in [0.1, 0.15) is 43.1 Å². The second-order valence-corrected chi connectivity index (χ2v) is 4.22. The van der Waals surface area contributed by atoms with Crippen LogP contribution in [-0.2, 0) is 0 Å². The molecule has 2 rings (SSSR count). The van der Waals surface area contributed by atoms with Crippen molar-refractivity contribution in [2.24, 2.45) is 0 Å². The molecule has 1 heterocycles. The lowest BCUT2D eigenvalue weighted by atomic mass is 10.0. The average Bonchev–Trinajstić information content (AvgIpc) is 2.74. The summed E-state index contributed by atoms with van der Waals surface area (Å²) in [5, 5.41) is 9.75. The first kappa shape index (κ1) is 9.95. The predicted octanol–water partition coefficient (Wildman–Crippen LogP) is 0.714. The smallest absolute Gasteiger partial charge is 0.277 e. The molecule has 3 N–H and O–H groups in total. The van der Waals surface area contributed by atoms with Crippen molar-refractivity contribution in [1.29, 1.82) is 0 Å². The molecule has 0 aromatic carbocycles. The van der Waals surface area contributed by atoms with Gasteiger partial charge in [0.1, 0.15) is 0 Å². The SMILES string of the molecule is CC1(NC(=O)c2nonc2N)CCCC1. The first-order valence-corrected chi connectivity index (χ1v) is 5.01. The Morgan fingerprint density at radius 2 is 2.13 bits per heavy atom. The van der Waals surface area contributed by atoms with Gasteiger partial charge in [-0.15, -0.1) is 0 Å². The molecule has 0 spiro atoms. The van der Waals surface area contributed by atoms with Gasteiger partial charge in [0, 0.05) is 5.54 Å². The van der Waals surface area contributed by atoms with Crippen LogP contribution in [0.5, 0.6) is 0 Å². The quantitative estimate of drug-likeness (QED) is 0.749. The molecule has 1 aromatic heterocycles. The number of anilines is 1. The Bertz CT molecular complexity index is 368. The van der Waals surface area contributed by atoms with Gasteiger partial charge >= 0.3 is 0 Å². The minimum absolute atomic E-state index is 0.0362. The third kappa shape index (κ3) is 1.93.